The molecule has 1 saturated heterocycles. The van der Waals surface area contributed by atoms with E-state index >= 15 is 0 Å². The van der Waals surface area contributed by atoms with Crippen molar-refractivity contribution in [3.05, 3.63) is 24.0 Å². The molecule has 7 nitrogen and oxygen atoms in total. The number of morpholine rings is 1. The first kappa shape index (κ1) is 20.3. The van der Waals surface area contributed by atoms with Crippen molar-refractivity contribution in [3.63, 3.8) is 0 Å². The number of likely N-dealkylation sites (N-methyl/N-ethyl adjacent to an activating group) is 1. The zero-order valence-electron chi connectivity index (χ0n) is 15.5. The van der Waals surface area contributed by atoms with E-state index in [1.165, 1.54) is 17.0 Å². The zero-order chi connectivity index (χ0) is 19.3. The van der Waals surface area contributed by atoms with Crippen molar-refractivity contribution in [1.29, 1.82) is 0 Å². The Morgan fingerprint density at radius 3 is 2.77 bits per heavy atom. The number of halogens is 1. The molecule has 1 heterocycles. The third-order valence-corrected chi connectivity index (χ3v) is 4.20. The fourth-order valence-electron chi connectivity index (χ4n) is 2.99. The van der Waals surface area contributed by atoms with Crippen LogP contribution in [0.15, 0.2) is 18.2 Å². The summed E-state index contributed by atoms with van der Waals surface area (Å²) in [6.45, 7) is 5.62. The van der Waals surface area contributed by atoms with Crippen LogP contribution in [0.4, 0.5) is 15.8 Å². The minimum absolute atomic E-state index is 0.0572. The number of nitrogens with one attached hydrogen (secondary N) is 1. The summed E-state index contributed by atoms with van der Waals surface area (Å²) >= 11 is 0. The lowest BCUT2D eigenvalue weighted by Crippen LogP contribution is -2.48. The third kappa shape index (κ3) is 5.00. The molecule has 2 rings (SSSR count). The third-order valence-electron chi connectivity index (χ3n) is 4.20. The van der Waals surface area contributed by atoms with Crippen LogP contribution in [0.25, 0.3) is 0 Å². The molecule has 3 N–H and O–H groups in total. The second-order valence-corrected chi connectivity index (χ2v) is 6.84. The van der Waals surface area contributed by atoms with Crippen molar-refractivity contribution in [2.24, 2.45) is 11.7 Å². The van der Waals surface area contributed by atoms with Gasteiger partial charge in [-0.15, -0.1) is 0 Å². The molecular weight excluding hydrogens is 339 g/mol. The molecule has 0 aromatic heterocycles. The van der Waals surface area contributed by atoms with Gasteiger partial charge in [-0.05, 0) is 31.2 Å². The molecule has 0 radical (unpaired) electrons. The van der Waals surface area contributed by atoms with E-state index in [-0.39, 0.29) is 30.7 Å². The Kier molecular flexibility index (Phi) is 7.07. The van der Waals surface area contributed by atoms with Crippen molar-refractivity contribution in [3.8, 4) is 0 Å². The van der Waals surface area contributed by atoms with Gasteiger partial charge >= 0.3 is 0 Å². The summed E-state index contributed by atoms with van der Waals surface area (Å²) < 4.78 is 19.5. The molecule has 1 fully saturated rings. The highest BCUT2D eigenvalue weighted by Crippen LogP contribution is 2.24. The van der Waals surface area contributed by atoms with Crippen molar-refractivity contribution in [2.75, 3.05) is 50.1 Å². The monoisotopic (exact) mass is 366 g/mol. The van der Waals surface area contributed by atoms with Gasteiger partial charge in [0, 0.05) is 25.3 Å². The lowest BCUT2D eigenvalue weighted by atomic mass is 10.1. The van der Waals surface area contributed by atoms with E-state index in [4.69, 9.17) is 10.5 Å². The fraction of sp³-hybridized carbons (Fsp3) is 0.556. The Labute approximate surface area is 153 Å². The summed E-state index contributed by atoms with van der Waals surface area (Å²) in [4.78, 5) is 27.6. The lowest BCUT2D eigenvalue weighted by Gasteiger charge is -2.28. The van der Waals surface area contributed by atoms with Gasteiger partial charge in [0.2, 0.25) is 5.91 Å². The van der Waals surface area contributed by atoms with E-state index in [1.54, 1.807) is 6.07 Å². The van der Waals surface area contributed by atoms with Gasteiger partial charge in [-0.25, -0.2) is 4.39 Å². The van der Waals surface area contributed by atoms with Gasteiger partial charge in [0.25, 0.3) is 5.91 Å². The van der Waals surface area contributed by atoms with Gasteiger partial charge in [-0.3, -0.25) is 14.5 Å². The van der Waals surface area contributed by atoms with Crippen molar-refractivity contribution in [1.82, 2.24) is 4.90 Å². The lowest BCUT2D eigenvalue weighted by molar-refractivity contribution is -0.125. The maximum atomic E-state index is 14.5. The molecule has 0 aliphatic carbocycles. The van der Waals surface area contributed by atoms with E-state index in [9.17, 15) is 14.0 Å². The van der Waals surface area contributed by atoms with Gasteiger partial charge < -0.3 is 20.7 Å². The van der Waals surface area contributed by atoms with Gasteiger partial charge in [-0.1, -0.05) is 13.8 Å². The van der Waals surface area contributed by atoms with Crippen molar-refractivity contribution >= 4 is 23.2 Å². The Morgan fingerprint density at radius 2 is 2.19 bits per heavy atom. The van der Waals surface area contributed by atoms with E-state index in [2.05, 4.69) is 19.2 Å². The minimum Gasteiger partial charge on any atom is -0.370 e. The highest BCUT2D eigenvalue weighted by atomic mass is 19.1. The molecule has 26 heavy (non-hydrogen) atoms. The van der Waals surface area contributed by atoms with Crippen LogP contribution in [0.5, 0.6) is 0 Å². The first-order valence-corrected chi connectivity index (χ1v) is 8.72. The average Bonchev–Trinajstić information content (AvgIpc) is 2.56. The molecule has 1 aromatic rings. The normalized spacial score (nSPS) is 16.3. The largest absolute Gasteiger partial charge is 0.370 e. The number of amides is 2. The van der Waals surface area contributed by atoms with Crippen LogP contribution in [0.1, 0.15) is 13.8 Å². The van der Waals surface area contributed by atoms with Crippen LogP contribution in [-0.2, 0) is 14.3 Å². The molecule has 1 aliphatic heterocycles. The SMILES string of the molecule is CC(C)CN(C)[C@@H](CN)C(=O)Nc1ccc(N2CCOCC2=O)c(F)c1. The average molecular weight is 366 g/mol. The number of hydrogen-bond donors (Lipinski definition) is 2. The van der Waals surface area contributed by atoms with Crippen LogP contribution in [0.2, 0.25) is 0 Å². The number of anilines is 2. The van der Waals surface area contributed by atoms with E-state index in [0.29, 0.717) is 24.8 Å². The summed E-state index contributed by atoms with van der Waals surface area (Å²) in [5.74, 6) is -0.752. The van der Waals surface area contributed by atoms with Crippen molar-refractivity contribution < 1.29 is 18.7 Å². The summed E-state index contributed by atoms with van der Waals surface area (Å²) in [7, 11) is 1.84. The standard InChI is InChI=1S/C18H27FN4O3/c1-12(2)10-22(3)16(9-20)18(25)21-13-4-5-15(14(19)8-13)23-6-7-26-11-17(23)24/h4-5,8,12,16H,6-7,9-11,20H2,1-3H3,(H,21,25)/t16-/m0/s1. The number of hydrogen-bond acceptors (Lipinski definition) is 5. The molecule has 8 heteroatoms. The number of ether oxygens (including phenoxy) is 1. The molecule has 1 aliphatic rings. The summed E-state index contributed by atoms with van der Waals surface area (Å²) in [6.07, 6.45) is 0. The van der Waals surface area contributed by atoms with E-state index in [1.807, 2.05) is 11.9 Å². The molecule has 1 aromatic carbocycles. The van der Waals surface area contributed by atoms with Gasteiger partial charge in [-0.2, -0.15) is 0 Å². The summed E-state index contributed by atoms with van der Waals surface area (Å²) in [5, 5.41) is 2.70. The number of rotatable bonds is 7. The van der Waals surface area contributed by atoms with E-state index < -0.39 is 11.9 Å². The molecule has 2 amide bonds. The quantitative estimate of drug-likeness (QED) is 0.753. The Bertz CT molecular complexity index is 653. The van der Waals surface area contributed by atoms with E-state index in [0.717, 1.165) is 6.54 Å². The molecule has 0 saturated carbocycles. The number of nitrogens with zero attached hydrogens (tertiary/aromatic N) is 2. The first-order valence-electron chi connectivity index (χ1n) is 8.72. The summed E-state index contributed by atoms with van der Waals surface area (Å²) in [6, 6.07) is 3.78. The number of benzene rings is 1. The second kappa shape index (κ2) is 9.07. The van der Waals surface area contributed by atoms with Crippen molar-refractivity contribution in [2.45, 2.75) is 19.9 Å². The Hall–Kier alpha value is -2.03. The second-order valence-electron chi connectivity index (χ2n) is 6.84. The van der Waals surface area contributed by atoms with Gasteiger partial charge in [0.15, 0.2) is 0 Å². The maximum absolute atomic E-state index is 14.5. The predicted molar refractivity (Wildman–Crippen MR) is 98.5 cm³/mol. The van der Waals surface area contributed by atoms with Gasteiger partial charge in [0.05, 0.1) is 12.3 Å². The smallest absolute Gasteiger partial charge is 0.253 e. The van der Waals surface area contributed by atoms with Crippen LogP contribution >= 0.6 is 0 Å². The predicted octanol–water partition coefficient (Wildman–Crippen LogP) is 1.04. The first-order chi connectivity index (χ1) is 12.3. The Morgan fingerprint density at radius 1 is 1.46 bits per heavy atom. The van der Waals surface area contributed by atoms with Crippen LogP contribution < -0.4 is 16.0 Å². The van der Waals surface area contributed by atoms with Crippen LogP contribution in [-0.4, -0.2) is 62.7 Å². The summed E-state index contributed by atoms with van der Waals surface area (Å²) in [5.41, 5.74) is 6.25. The molecular formula is C18H27FN4O3. The maximum Gasteiger partial charge on any atom is 0.253 e. The van der Waals surface area contributed by atoms with Gasteiger partial charge in [0.1, 0.15) is 18.5 Å². The fourth-order valence-corrected chi connectivity index (χ4v) is 2.99. The molecule has 0 bridgehead atoms. The Balaban J connectivity index is 2.08. The molecule has 1 atom stereocenters. The highest BCUT2D eigenvalue weighted by Gasteiger charge is 2.25. The highest BCUT2D eigenvalue weighted by molar-refractivity contribution is 5.97. The molecule has 0 spiro atoms. The van der Waals surface area contributed by atoms with Crippen LogP contribution in [0, 0.1) is 11.7 Å². The number of nitrogens with two attached hydrogens (primary N) is 1. The zero-order valence-corrected chi connectivity index (χ0v) is 15.5. The molecule has 144 valence electrons. The minimum atomic E-state index is -0.571. The van der Waals surface area contributed by atoms with Crippen LogP contribution in [0.3, 0.4) is 0 Å². The number of carbonyl (C=O) groups is 2. The topological polar surface area (TPSA) is 87.9 Å². The number of carbonyl (C=O) groups excluding carboxylic acids is 2. The molecule has 0 unspecified atom stereocenters.